The highest BCUT2D eigenvalue weighted by Crippen LogP contribution is 2.40. The number of aromatic hydroxyl groups is 1. The van der Waals surface area contributed by atoms with Crippen LogP contribution < -0.4 is 4.74 Å². The van der Waals surface area contributed by atoms with E-state index < -0.39 is 6.10 Å². The van der Waals surface area contributed by atoms with Crippen LogP contribution in [-0.4, -0.2) is 45.8 Å². The van der Waals surface area contributed by atoms with Crippen LogP contribution in [0.1, 0.15) is 30.2 Å². The Kier molecular flexibility index (Phi) is 5.02. The first-order chi connectivity index (χ1) is 13.0. The number of benzene rings is 1. The van der Waals surface area contributed by atoms with E-state index in [1.54, 1.807) is 25.1 Å². The van der Waals surface area contributed by atoms with E-state index in [-0.39, 0.29) is 17.7 Å². The van der Waals surface area contributed by atoms with Gasteiger partial charge in [0.15, 0.2) is 0 Å². The maximum atomic E-state index is 13.7. The van der Waals surface area contributed by atoms with Crippen molar-refractivity contribution < 1.29 is 19.3 Å². The summed E-state index contributed by atoms with van der Waals surface area (Å²) in [6, 6.07) is 8.25. The highest BCUT2D eigenvalue weighted by atomic mass is 19.1. The molecule has 1 saturated carbocycles. The van der Waals surface area contributed by atoms with Crippen molar-refractivity contribution in [2.75, 3.05) is 19.6 Å². The Morgan fingerprint density at radius 2 is 1.96 bits per heavy atom. The van der Waals surface area contributed by atoms with Gasteiger partial charge in [0.25, 0.3) is 0 Å². The molecule has 4 rings (SSSR count). The summed E-state index contributed by atoms with van der Waals surface area (Å²) in [6.07, 6.45) is 2.75. The number of aliphatic hydroxyl groups is 1. The van der Waals surface area contributed by atoms with Gasteiger partial charge in [0.05, 0.1) is 18.0 Å². The average Bonchev–Trinajstić information content (AvgIpc) is 3.16. The van der Waals surface area contributed by atoms with Crippen molar-refractivity contribution in [3.63, 3.8) is 0 Å². The molecule has 144 valence electrons. The largest absolute Gasteiger partial charge is 0.506 e. The summed E-state index contributed by atoms with van der Waals surface area (Å²) >= 11 is 0. The lowest BCUT2D eigenvalue weighted by molar-refractivity contribution is 0.113. The van der Waals surface area contributed by atoms with E-state index in [1.807, 2.05) is 6.07 Å². The molecule has 1 saturated heterocycles. The van der Waals surface area contributed by atoms with Crippen molar-refractivity contribution >= 4 is 0 Å². The summed E-state index contributed by atoms with van der Waals surface area (Å²) in [6.45, 7) is 4.15. The molecule has 1 aromatic carbocycles. The van der Waals surface area contributed by atoms with E-state index in [0.717, 1.165) is 25.9 Å². The molecule has 2 N–H and O–H groups in total. The van der Waals surface area contributed by atoms with Gasteiger partial charge in [-0.05, 0) is 55.4 Å². The molecular formula is C21H25FN2O3. The molecule has 2 aromatic rings. The topological polar surface area (TPSA) is 65.8 Å². The third kappa shape index (κ3) is 4.06. The molecule has 1 aromatic heterocycles. The Labute approximate surface area is 158 Å². The summed E-state index contributed by atoms with van der Waals surface area (Å²) in [5.41, 5.74) is 1.20. The molecule has 0 spiro atoms. The minimum absolute atomic E-state index is 0.0983. The van der Waals surface area contributed by atoms with Crippen LogP contribution in [0.15, 0.2) is 36.5 Å². The Hall–Kier alpha value is -2.18. The number of likely N-dealkylation sites (tertiary alicyclic amines) is 1. The Balaban J connectivity index is 1.29. The number of aromatic nitrogens is 1. The number of pyridine rings is 1. The lowest BCUT2D eigenvalue weighted by atomic mass is 10.0. The van der Waals surface area contributed by atoms with Gasteiger partial charge in [-0.1, -0.05) is 6.07 Å². The molecule has 27 heavy (non-hydrogen) atoms. The van der Waals surface area contributed by atoms with Gasteiger partial charge >= 0.3 is 0 Å². The number of β-amino-alcohol motifs (C(OH)–C–C–N with tert-alkyl or cyclic N) is 1. The predicted molar refractivity (Wildman–Crippen MR) is 99.1 cm³/mol. The molecule has 5 nitrogen and oxygen atoms in total. The van der Waals surface area contributed by atoms with Crippen molar-refractivity contribution in [2.45, 2.75) is 32.0 Å². The maximum Gasteiger partial charge on any atom is 0.133 e. The van der Waals surface area contributed by atoms with Crippen molar-refractivity contribution in [1.29, 1.82) is 0 Å². The first-order valence-corrected chi connectivity index (χ1v) is 9.46. The van der Waals surface area contributed by atoms with Gasteiger partial charge in [0.1, 0.15) is 23.4 Å². The fourth-order valence-electron chi connectivity index (χ4n) is 4.36. The number of fused-ring (bicyclic) bond motifs is 1. The van der Waals surface area contributed by atoms with Crippen molar-refractivity contribution in [3.8, 4) is 11.5 Å². The van der Waals surface area contributed by atoms with Crippen LogP contribution in [-0.2, 0) is 0 Å². The number of hydrogen-bond acceptors (Lipinski definition) is 5. The zero-order chi connectivity index (χ0) is 19.0. The normalized spacial score (nSPS) is 26.1. The SMILES string of the molecule is Cc1ccc(O[C@@H]2C[C@@H]3CN(CC(O)c4ccc(O)cn4)C[C@@H]3C2)cc1F. The van der Waals surface area contributed by atoms with E-state index in [9.17, 15) is 14.6 Å². The number of hydrogen-bond donors (Lipinski definition) is 2. The van der Waals surface area contributed by atoms with Crippen molar-refractivity contribution in [1.82, 2.24) is 9.88 Å². The summed E-state index contributed by atoms with van der Waals surface area (Å²) in [5, 5.41) is 19.7. The van der Waals surface area contributed by atoms with Crippen LogP contribution in [0.5, 0.6) is 11.5 Å². The molecule has 2 heterocycles. The molecule has 0 radical (unpaired) electrons. The molecule has 2 fully saturated rings. The minimum Gasteiger partial charge on any atom is -0.506 e. The third-order valence-electron chi connectivity index (χ3n) is 5.77. The lowest BCUT2D eigenvalue weighted by Gasteiger charge is -2.22. The van der Waals surface area contributed by atoms with Crippen LogP contribution in [0.4, 0.5) is 4.39 Å². The summed E-state index contributed by atoms with van der Waals surface area (Å²) < 4.78 is 19.7. The standard InChI is InChI=1S/C21H25FN2O3/c1-13-2-4-17(8-19(13)22)27-18-6-14-10-24(11-15(14)7-18)12-21(26)20-5-3-16(25)9-23-20/h2-5,8-9,14-15,18,21,25-26H,6-7,10-12H2,1H3/t14-,15+,18-,21?. The average molecular weight is 372 g/mol. The van der Waals surface area contributed by atoms with Gasteiger partial charge in [-0.2, -0.15) is 0 Å². The van der Waals surface area contributed by atoms with E-state index in [2.05, 4.69) is 9.88 Å². The van der Waals surface area contributed by atoms with Crippen molar-refractivity contribution in [3.05, 3.63) is 53.6 Å². The fourth-order valence-corrected chi connectivity index (χ4v) is 4.36. The second kappa shape index (κ2) is 7.44. The van der Waals surface area contributed by atoms with Gasteiger partial charge in [-0.3, -0.25) is 9.88 Å². The fraction of sp³-hybridized carbons (Fsp3) is 0.476. The highest BCUT2D eigenvalue weighted by molar-refractivity contribution is 5.28. The molecular weight excluding hydrogens is 347 g/mol. The Morgan fingerprint density at radius 3 is 2.59 bits per heavy atom. The summed E-state index contributed by atoms with van der Waals surface area (Å²) in [4.78, 5) is 6.36. The van der Waals surface area contributed by atoms with Gasteiger partial charge in [0.2, 0.25) is 0 Å². The lowest BCUT2D eigenvalue weighted by Crippen LogP contribution is -2.29. The first-order valence-electron chi connectivity index (χ1n) is 9.46. The van der Waals surface area contributed by atoms with Gasteiger partial charge < -0.3 is 14.9 Å². The quantitative estimate of drug-likeness (QED) is 0.845. The zero-order valence-corrected chi connectivity index (χ0v) is 15.4. The van der Waals surface area contributed by atoms with Gasteiger partial charge in [-0.25, -0.2) is 4.39 Å². The zero-order valence-electron chi connectivity index (χ0n) is 15.4. The monoisotopic (exact) mass is 372 g/mol. The first kappa shape index (κ1) is 18.2. The summed E-state index contributed by atoms with van der Waals surface area (Å²) in [7, 11) is 0. The van der Waals surface area contributed by atoms with Gasteiger partial charge in [-0.15, -0.1) is 0 Å². The number of rotatable bonds is 5. The molecule has 2 aliphatic rings. The molecule has 1 aliphatic carbocycles. The predicted octanol–water partition coefficient (Wildman–Crippen LogP) is 3.06. The number of aliphatic hydroxyl groups excluding tert-OH is 1. The Bertz CT molecular complexity index is 785. The number of nitrogens with zero attached hydrogens (tertiary/aromatic N) is 2. The smallest absolute Gasteiger partial charge is 0.133 e. The van der Waals surface area contributed by atoms with E-state index in [4.69, 9.17) is 4.74 Å². The number of ether oxygens (including phenoxy) is 1. The van der Waals surface area contributed by atoms with Gasteiger partial charge in [0, 0.05) is 25.7 Å². The van der Waals surface area contributed by atoms with Crippen LogP contribution in [0.2, 0.25) is 0 Å². The Morgan fingerprint density at radius 1 is 1.22 bits per heavy atom. The molecule has 6 heteroatoms. The van der Waals surface area contributed by atoms with Crippen molar-refractivity contribution in [2.24, 2.45) is 11.8 Å². The molecule has 0 amide bonds. The van der Waals surface area contributed by atoms with E-state index in [0.29, 0.717) is 35.4 Å². The molecule has 0 bridgehead atoms. The highest BCUT2D eigenvalue weighted by Gasteiger charge is 2.42. The number of halogens is 1. The van der Waals surface area contributed by atoms with Crippen LogP contribution in [0.3, 0.4) is 0 Å². The van der Waals surface area contributed by atoms with Crippen LogP contribution in [0, 0.1) is 24.6 Å². The molecule has 1 aliphatic heterocycles. The van der Waals surface area contributed by atoms with E-state index in [1.165, 1.54) is 12.3 Å². The van der Waals surface area contributed by atoms with E-state index >= 15 is 0 Å². The van der Waals surface area contributed by atoms with Crippen LogP contribution >= 0.6 is 0 Å². The third-order valence-corrected chi connectivity index (χ3v) is 5.77. The summed E-state index contributed by atoms with van der Waals surface area (Å²) in [5.74, 6) is 1.57. The second-order valence-corrected chi connectivity index (χ2v) is 7.82. The van der Waals surface area contributed by atoms with Crippen LogP contribution in [0.25, 0.3) is 0 Å². The minimum atomic E-state index is -0.660. The number of aryl methyl sites for hydroxylation is 1. The molecule has 4 atom stereocenters. The second-order valence-electron chi connectivity index (χ2n) is 7.82. The molecule has 1 unspecified atom stereocenters. The maximum absolute atomic E-state index is 13.7.